The molecule has 5 rings (SSSR count). The number of benzene rings is 3. The molecule has 1 aliphatic carbocycles. The lowest BCUT2D eigenvalue weighted by molar-refractivity contribution is -0.141. The summed E-state index contributed by atoms with van der Waals surface area (Å²) in [4.78, 5) is 34.3. The van der Waals surface area contributed by atoms with Crippen molar-refractivity contribution in [3.63, 3.8) is 0 Å². The van der Waals surface area contributed by atoms with Gasteiger partial charge in [0.2, 0.25) is 11.8 Å². The largest absolute Gasteiger partial charge is 0.361 e. The number of halogens is 1. The molecule has 0 aliphatic heterocycles. The number of fused-ring (bicyclic) bond motifs is 1. The van der Waals surface area contributed by atoms with Crippen molar-refractivity contribution in [1.29, 1.82) is 0 Å². The Hall–Kier alpha value is -3.93. The van der Waals surface area contributed by atoms with Gasteiger partial charge in [0.25, 0.3) is 0 Å². The van der Waals surface area contributed by atoms with E-state index in [4.69, 9.17) is 0 Å². The minimum Gasteiger partial charge on any atom is -0.361 e. The maximum absolute atomic E-state index is 13.9. The molecule has 41 heavy (non-hydrogen) atoms. The quantitative estimate of drug-likeness (QED) is 0.202. The van der Waals surface area contributed by atoms with E-state index in [9.17, 15) is 14.0 Å². The number of amides is 2. The topological polar surface area (TPSA) is 56.4 Å². The van der Waals surface area contributed by atoms with Gasteiger partial charge in [0, 0.05) is 43.2 Å². The number of H-pyrrole nitrogens is 1. The van der Waals surface area contributed by atoms with E-state index >= 15 is 0 Å². The van der Waals surface area contributed by atoms with Crippen LogP contribution in [0.25, 0.3) is 10.9 Å². The summed E-state index contributed by atoms with van der Waals surface area (Å²) in [5.74, 6) is 0.185. The summed E-state index contributed by atoms with van der Waals surface area (Å²) in [5.41, 5.74) is 5.29. The van der Waals surface area contributed by atoms with Crippen LogP contribution in [0.2, 0.25) is 0 Å². The van der Waals surface area contributed by atoms with E-state index in [1.54, 1.807) is 17.0 Å². The molecule has 214 valence electrons. The molecule has 0 unspecified atom stereocenters. The van der Waals surface area contributed by atoms with E-state index in [1.165, 1.54) is 43.4 Å². The molecule has 0 saturated heterocycles. The second-order valence-electron chi connectivity index (χ2n) is 11.5. The molecule has 0 spiro atoms. The summed E-state index contributed by atoms with van der Waals surface area (Å²) in [6.45, 7) is 3.35. The number of aryl methyl sites for hydroxylation is 1. The first kappa shape index (κ1) is 28.6. The Balaban J connectivity index is 1.33. The first-order chi connectivity index (χ1) is 19.9. The van der Waals surface area contributed by atoms with Crippen LogP contribution in [0.5, 0.6) is 0 Å². The van der Waals surface area contributed by atoms with Gasteiger partial charge in [0.05, 0.1) is 0 Å². The van der Waals surface area contributed by atoms with Crippen LogP contribution in [0.4, 0.5) is 4.39 Å². The van der Waals surface area contributed by atoms with Gasteiger partial charge in [-0.2, -0.15) is 0 Å². The van der Waals surface area contributed by atoms with Gasteiger partial charge in [0.15, 0.2) is 0 Å². The lowest BCUT2D eigenvalue weighted by atomic mass is 10.0. The number of nitrogens with zero attached hydrogens (tertiary/aromatic N) is 2. The number of aromatic amines is 1. The van der Waals surface area contributed by atoms with Crippen LogP contribution in [0.1, 0.15) is 60.8 Å². The van der Waals surface area contributed by atoms with Crippen molar-refractivity contribution in [3.8, 4) is 0 Å². The third-order valence-electron chi connectivity index (χ3n) is 8.38. The Morgan fingerprint density at radius 2 is 1.51 bits per heavy atom. The zero-order chi connectivity index (χ0) is 28.6. The number of carbonyl (C=O) groups is 2. The average Bonchev–Trinajstić information content (AvgIpc) is 3.66. The Bertz CT molecular complexity index is 1440. The van der Waals surface area contributed by atoms with E-state index in [-0.39, 0.29) is 30.7 Å². The van der Waals surface area contributed by atoms with Crippen LogP contribution >= 0.6 is 0 Å². The Morgan fingerprint density at radius 1 is 0.854 bits per heavy atom. The lowest BCUT2D eigenvalue weighted by Gasteiger charge is -2.28. The van der Waals surface area contributed by atoms with Crippen molar-refractivity contribution in [2.75, 3.05) is 13.1 Å². The second kappa shape index (κ2) is 13.6. The molecular weight excluding hydrogens is 513 g/mol. The number of para-hydroxylation sites is 1. The van der Waals surface area contributed by atoms with E-state index in [0.717, 1.165) is 34.0 Å². The third-order valence-corrected chi connectivity index (χ3v) is 8.38. The maximum Gasteiger partial charge on any atom is 0.242 e. The van der Waals surface area contributed by atoms with E-state index in [1.807, 2.05) is 30.2 Å². The maximum atomic E-state index is 13.9. The summed E-state index contributed by atoms with van der Waals surface area (Å²) >= 11 is 0. The van der Waals surface area contributed by atoms with Gasteiger partial charge in [0.1, 0.15) is 12.4 Å². The van der Waals surface area contributed by atoms with Gasteiger partial charge in [-0.3, -0.25) is 9.59 Å². The molecule has 1 heterocycles. The number of rotatable bonds is 12. The monoisotopic (exact) mass is 553 g/mol. The molecule has 5 nitrogen and oxygen atoms in total. The average molecular weight is 554 g/mol. The number of hydrogen-bond acceptors (Lipinski definition) is 2. The third kappa shape index (κ3) is 7.84. The highest BCUT2D eigenvalue weighted by molar-refractivity contribution is 5.85. The summed E-state index contributed by atoms with van der Waals surface area (Å²) < 4.78 is 13.6. The molecule has 2 amide bonds. The fourth-order valence-corrected chi connectivity index (χ4v) is 5.89. The van der Waals surface area contributed by atoms with Crippen molar-refractivity contribution in [1.82, 2.24) is 14.8 Å². The van der Waals surface area contributed by atoms with Crippen LogP contribution in [0.15, 0.2) is 79.0 Å². The summed E-state index contributed by atoms with van der Waals surface area (Å²) in [5, 5.41) is 1.16. The van der Waals surface area contributed by atoms with Crippen LogP contribution < -0.4 is 0 Å². The van der Waals surface area contributed by atoms with Crippen LogP contribution in [-0.4, -0.2) is 39.7 Å². The number of hydrogen-bond donors (Lipinski definition) is 1. The normalized spacial score (nSPS) is 13.5. The number of nitrogens with one attached hydrogen (secondary N) is 1. The molecule has 0 atom stereocenters. The van der Waals surface area contributed by atoms with Gasteiger partial charge in [-0.1, -0.05) is 85.8 Å². The van der Waals surface area contributed by atoms with E-state index in [2.05, 4.69) is 41.4 Å². The van der Waals surface area contributed by atoms with Gasteiger partial charge in [-0.15, -0.1) is 0 Å². The Kier molecular flexibility index (Phi) is 9.50. The molecule has 4 aromatic rings. The molecule has 1 aromatic heterocycles. The highest BCUT2D eigenvalue weighted by Gasteiger charge is 2.24. The minimum absolute atomic E-state index is 0.000617. The van der Waals surface area contributed by atoms with E-state index in [0.29, 0.717) is 31.8 Å². The Morgan fingerprint density at radius 3 is 2.24 bits per heavy atom. The first-order valence-corrected chi connectivity index (χ1v) is 14.8. The molecule has 3 aromatic carbocycles. The fraction of sp³-hybridized carbons (Fsp3) is 0.371. The van der Waals surface area contributed by atoms with Crippen molar-refractivity contribution >= 4 is 22.7 Å². The number of aromatic nitrogens is 1. The lowest BCUT2D eigenvalue weighted by Crippen LogP contribution is -2.43. The van der Waals surface area contributed by atoms with Crippen molar-refractivity contribution in [2.45, 2.75) is 65.0 Å². The molecule has 6 heteroatoms. The van der Waals surface area contributed by atoms with Crippen LogP contribution in [0, 0.1) is 18.7 Å². The molecule has 0 radical (unpaired) electrons. The van der Waals surface area contributed by atoms with Gasteiger partial charge < -0.3 is 14.8 Å². The highest BCUT2D eigenvalue weighted by Crippen LogP contribution is 2.29. The molecule has 1 fully saturated rings. The van der Waals surface area contributed by atoms with E-state index < -0.39 is 0 Å². The standard InChI is InChI=1S/C35H40FN3O2/c1-26-10-12-28(13-11-26)23-38(21-20-30-22-37-33-9-5-4-8-32(30)33)35(41)25-39(24-29-14-17-31(36)18-15-29)34(40)19-16-27-6-2-3-7-27/h4-5,8-15,17-18,22,27,37H,2-3,6-7,16,19-21,23-25H2,1H3. The molecule has 1 saturated carbocycles. The number of carbonyl (C=O) groups excluding carboxylic acids is 2. The smallest absolute Gasteiger partial charge is 0.242 e. The van der Waals surface area contributed by atoms with Crippen molar-refractivity contribution in [2.24, 2.45) is 5.92 Å². The summed E-state index contributed by atoms with van der Waals surface area (Å²) in [6, 6.07) is 22.6. The first-order valence-electron chi connectivity index (χ1n) is 14.8. The summed E-state index contributed by atoms with van der Waals surface area (Å²) in [6.07, 6.45) is 8.86. The second-order valence-corrected chi connectivity index (χ2v) is 11.5. The molecule has 1 N–H and O–H groups in total. The van der Waals surface area contributed by atoms with Crippen molar-refractivity contribution < 1.29 is 14.0 Å². The van der Waals surface area contributed by atoms with Gasteiger partial charge in [-0.25, -0.2) is 4.39 Å². The Labute approximate surface area is 242 Å². The zero-order valence-electron chi connectivity index (χ0n) is 23.9. The van der Waals surface area contributed by atoms with Crippen molar-refractivity contribution in [3.05, 3.63) is 107 Å². The predicted octanol–water partition coefficient (Wildman–Crippen LogP) is 7.19. The van der Waals surface area contributed by atoms with Crippen LogP contribution in [0.3, 0.4) is 0 Å². The molecule has 1 aliphatic rings. The fourth-order valence-electron chi connectivity index (χ4n) is 5.89. The summed E-state index contributed by atoms with van der Waals surface area (Å²) in [7, 11) is 0. The highest BCUT2D eigenvalue weighted by atomic mass is 19.1. The van der Waals surface area contributed by atoms with Gasteiger partial charge >= 0.3 is 0 Å². The van der Waals surface area contributed by atoms with Gasteiger partial charge in [-0.05, 0) is 60.6 Å². The van der Waals surface area contributed by atoms with Crippen LogP contribution in [-0.2, 0) is 29.1 Å². The SMILES string of the molecule is Cc1ccc(CN(CCc2c[nH]c3ccccc23)C(=O)CN(Cc2ccc(F)cc2)C(=O)CCC2CCCC2)cc1. The minimum atomic E-state index is -0.314. The zero-order valence-corrected chi connectivity index (χ0v) is 23.9. The molecular formula is C35H40FN3O2. The molecule has 0 bridgehead atoms. The predicted molar refractivity (Wildman–Crippen MR) is 162 cm³/mol.